The van der Waals surface area contributed by atoms with E-state index in [9.17, 15) is 4.79 Å². The third-order valence-corrected chi connectivity index (χ3v) is 5.81. The predicted molar refractivity (Wildman–Crippen MR) is 133 cm³/mol. The number of hydrogen-bond acceptors (Lipinski definition) is 5. The van der Waals surface area contributed by atoms with Crippen molar-refractivity contribution >= 4 is 35.8 Å². The minimum atomic E-state index is -0.0244. The molecular formula is C22H38IN5O3. The molecule has 3 heterocycles. The first-order chi connectivity index (χ1) is 14.6. The number of likely N-dealkylation sites (tertiary alicyclic amines) is 1. The number of amides is 1. The monoisotopic (exact) mass is 547 g/mol. The summed E-state index contributed by atoms with van der Waals surface area (Å²) in [4.78, 5) is 20.6. The van der Waals surface area contributed by atoms with Crippen LogP contribution in [-0.2, 0) is 9.53 Å². The Balaban J connectivity index is 0.00000341. The minimum Gasteiger partial charge on any atom is -0.468 e. The second-order valence-corrected chi connectivity index (χ2v) is 8.33. The number of nitrogens with zero attached hydrogens (tertiary/aromatic N) is 3. The summed E-state index contributed by atoms with van der Waals surface area (Å²) in [6.07, 6.45) is 9.03. The molecule has 2 aliphatic rings. The Labute approximate surface area is 203 Å². The zero-order valence-electron chi connectivity index (χ0n) is 18.8. The van der Waals surface area contributed by atoms with E-state index in [0.29, 0.717) is 19.0 Å². The second kappa shape index (κ2) is 13.9. The van der Waals surface area contributed by atoms with Gasteiger partial charge in [0.05, 0.1) is 18.4 Å². The number of hydrogen-bond donors (Lipinski definition) is 2. The number of guanidine groups is 1. The maximum Gasteiger partial charge on any atom is 0.243 e. The third-order valence-electron chi connectivity index (χ3n) is 5.81. The number of piperidine rings is 1. The first kappa shape index (κ1) is 25.9. The van der Waals surface area contributed by atoms with Gasteiger partial charge >= 0.3 is 0 Å². The first-order valence-electron chi connectivity index (χ1n) is 11.2. The minimum absolute atomic E-state index is 0. The van der Waals surface area contributed by atoms with E-state index in [2.05, 4.69) is 20.5 Å². The van der Waals surface area contributed by atoms with Crippen LogP contribution in [0.1, 0.15) is 50.3 Å². The summed E-state index contributed by atoms with van der Waals surface area (Å²) >= 11 is 0. The lowest BCUT2D eigenvalue weighted by atomic mass is 10.1. The molecule has 8 nitrogen and oxygen atoms in total. The Hall–Kier alpha value is -1.33. The molecular weight excluding hydrogens is 509 g/mol. The van der Waals surface area contributed by atoms with Crippen LogP contribution in [0.5, 0.6) is 0 Å². The van der Waals surface area contributed by atoms with Crippen LogP contribution in [0.15, 0.2) is 27.8 Å². The van der Waals surface area contributed by atoms with Crippen molar-refractivity contribution in [2.75, 3.05) is 53.4 Å². The Bertz CT molecular complexity index is 656. The molecule has 2 N–H and O–H groups in total. The van der Waals surface area contributed by atoms with Gasteiger partial charge < -0.3 is 24.7 Å². The van der Waals surface area contributed by atoms with Crippen molar-refractivity contribution in [1.82, 2.24) is 20.4 Å². The van der Waals surface area contributed by atoms with Gasteiger partial charge in [-0.1, -0.05) is 6.42 Å². The van der Waals surface area contributed by atoms with Gasteiger partial charge in [0, 0.05) is 33.8 Å². The Morgan fingerprint density at radius 1 is 1.23 bits per heavy atom. The largest absolute Gasteiger partial charge is 0.468 e. The highest BCUT2D eigenvalue weighted by Gasteiger charge is 2.25. The molecule has 2 unspecified atom stereocenters. The van der Waals surface area contributed by atoms with Gasteiger partial charge in [0.2, 0.25) is 5.91 Å². The van der Waals surface area contributed by atoms with Crippen LogP contribution in [0.3, 0.4) is 0 Å². The Kier molecular flexibility index (Phi) is 11.7. The zero-order valence-corrected chi connectivity index (χ0v) is 21.2. The van der Waals surface area contributed by atoms with Crippen LogP contribution in [0.25, 0.3) is 0 Å². The topological polar surface area (TPSA) is 82.3 Å². The molecule has 0 spiro atoms. The molecule has 1 aromatic heterocycles. The van der Waals surface area contributed by atoms with Crippen LogP contribution in [0.2, 0.25) is 0 Å². The fourth-order valence-electron chi connectivity index (χ4n) is 3.96. The fraction of sp³-hybridized carbons (Fsp3) is 0.727. The van der Waals surface area contributed by atoms with Crippen LogP contribution in [0, 0.1) is 0 Å². The van der Waals surface area contributed by atoms with E-state index in [-0.39, 0.29) is 48.6 Å². The molecule has 31 heavy (non-hydrogen) atoms. The molecule has 9 heteroatoms. The van der Waals surface area contributed by atoms with Crippen molar-refractivity contribution in [3.8, 4) is 0 Å². The summed E-state index contributed by atoms with van der Waals surface area (Å²) in [6.45, 7) is 4.44. The molecule has 2 fully saturated rings. The summed E-state index contributed by atoms with van der Waals surface area (Å²) in [5, 5.41) is 6.83. The maximum absolute atomic E-state index is 12.0. The number of carbonyl (C=O) groups is 1. The smallest absolute Gasteiger partial charge is 0.243 e. The fourth-order valence-corrected chi connectivity index (χ4v) is 3.96. The number of carbonyl (C=O) groups excluding carboxylic acids is 1. The van der Waals surface area contributed by atoms with E-state index in [1.807, 2.05) is 12.1 Å². The standard InChI is InChI=1S/C22H37N5O3.HI/c1-26(2)21(28)17-25-22(23-15-18-9-4-7-13-29-18)24-16-19(20-10-8-14-30-20)27-11-5-3-6-12-27;/h8,10,14,18-19H,3-7,9,11-13,15-17H2,1-2H3,(H2,23,24,25);1H. The van der Waals surface area contributed by atoms with E-state index < -0.39 is 0 Å². The average molecular weight is 547 g/mol. The SMILES string of the molecule is CN(C)C(=O)CN=C(NCC1CCCCO1)NCC(c1ccco1)N1CCCCC1.I. The number of likely N-dealkylation sites (N-methyl/N-ethyl adjacent to an activating group) is 1. The highest BCUT2D eigenvalue weighted by atomic mass is 127. The van der Waals surface area contributed by atoms with Crippen molar-refractivity contribution in [1.29, 1.82) is 0 Å². The highest BCUT2D eigenvalue weighted by molar-refractivity contribution is 14.0. The lowest BCUT2D eigenvalue weighted by molar-refractivity contribution is -0.127. The molecule has 0 saturated carbocycles. The van der Waals surface area contributed by atoms with E-state index in [4.69, 9.17) is 9.15 Å². The van der Waals surface area contributed by atoms with E-state index in [1.54, 1.807) is 25.3 Å². The summed E-state index contributed by atoms with van der Waals surface area (Å²) in [6, 6.07) is 4.12. The van der Waals surface area contributed by atoms with Crippen molar-refractivity contribution in [3.05, 3.63) is 24.2 Å². The molecule has 3 rings (SSSR count). The van der Waals surface area contributed by atoms with Gasteiger partial charge in [0.15, 0.2) is 5.96 Å². The second-order valence-electron chi connectivity index (χ2n) is 8.33. The molecule has 1 amide bonds. The Morgan fingerprint density at radius 2 is 2.03 bits per heavy atom. The molecule has 0 radical (unpaired) electrons. The Morgan fingerprint density at radius 3 is 2.68 bits per heavy atom. The molecule has 0 bridgehead atoms. The van der Waals surface area contributed by atoms with E-state index in [1.165, 1.54) is 25.7 Å². The van der Waals surface area contributed by atoms with Crippen molar-refractivity contribution in [2.45, 2.75) is 50.7 Å². The van der Waals surface area contributed by atoms with Crippen LogP contribution < -0.4 is 10.6 Å². The normalized spacial score (nSPS) is 21.1. The number of ether oxygens (including phenoxy) is 1. The van der Waals surface area contributed by atoms with Crippen molar-refractivity contribution in [3.63, 3.8) is 0 Å². The molecule has 1 aromatic rings. The first-order valence-corrected chi connectivity index (χ1v) is 11.2. The van der Waals surface area contributed by atoms with Gasteiger partial charge in [-0.15, -0.1) is 24.0 Å². The quantitative estimate of drug-likeness (QED) is 0.296. The molecule has 0 aliphatic carbocycles. The summed E-state index contributed by atoms with van der Waals surface area (Å²) in [5.74, 6) is 1.58. The molecule has 2 atom stereocenters. The average Bonchev–Trinajstić information content (AvgIpc) is 3.31. The van der Waals surface area contributed by atoms with Crippen molar-refractivity contribution < 1.29 is 13.9 Å². The summed E-state index contributed by atoms with van der Waals surface area (Å²) in [5.41, 5.74) is 0. The predicted octanol–water partition coefficient (Wildman–Crippen LogP) is 2.62. The van der Waals surface area contributed by atoms with Crippen LogP contribution in [0.4, 0.5) is 0 Å². The molecule has 0 aromatic carbocycles. The van der Waals surface area contributed by atoms with Gasteiger partial charge in [-0.3, -0.25) is 9.69 Å². The van der Waals surface area contributed by atoms with Crippen LogP contribution >= 0.6 is 24.0 Å². The lowest BCUT2D eigenvalue weighted by Crippen LogP contribution is -2.47. The van der Waals surface area contributed by atoms with Crippen LogP contribution in [-0.4, -0.2) is 81.2 Å². The third kappa shape index (κ3) is 8.61. The number of aliphatic imine (C=N–C) groups is 1. The zero-order chi connectivity index (χ0) is 21.2. The molecule has 2 saturated heterocycles. The van der Waals surface area contributed by atoms with E-state index >= 15 is 0 Å². The van der Waals surface area contributed by atoms with Gasteiger partial charge in [-0.25, -0.2) is 4.99 Å². The number of rotatable bonds is 8. The van der Waals surface area contributed by atoms with E-state index in [0.717, 1.165) is 38.3 Å². The highest BCUT2D eigenvalue weighted by Crippen LogP contribution is 2.24. The maximum atomic E-state index is 12.0. The van der Waals surface area contributed by atoms with Crippen molar-refractivity contribution in [2.24, 2.45) is 4.99 Å². The van der Waals surface area contributed by atoms with Gasteiger partial charge in [0.25, 0.3) is 0 Å². The summed E-state index contributed by atoms with van der Waals surface area (Å²) < 4.78 is 11.6. The van der Waals surface area contributed by atoms with Gasteiger partial charge in [-0.2, -0.15) is 0 Å². The van der Waals surface area contributed by atoms with Gasteiger partial charge in [0.1, 0.15) is 12.3 Å². The number of furan rings is 1. The lowest BCUT2D eigenvalue weighted by Gasteiger charge is -2.34. The summed E-state index contributed by atoms with van der Waals surface area (Å²) in [7, 11) is 3.50. The molecule has 176 valence electrons. The van der Waals surface area contributed by atoms with Gasteiger partial charge in [-0.05, 0) is 57.3 Å². The number of halogens is 1. The molecule has 2 aliphatic heterocycles. The number of nitrogens with one attached hydrogen (secondary N) is 2.